The van der Waals surface area contributed by atoms with Gasteiger partial charge in [-0.05, 0) is 50.2 Å². The maximum Gasteiger partial charge on any atom is 0.265 e. The molecule has 1 amide bonds. The van der Waals surface area contributed by atoms with Crippen molar-refractivity contribution in [2.75, 3.05) is 11.9 Å². The molecule has 1 aliphatic heterocycles. The van der Waals surface area contributed by atoms with Gasteiger partial charge in [0, 0.05) is 13.0 Å². The molecule has 0 aliphatic carbocycles. The lowest BCUT2D eigenvalue weighted by molar-refractivity contribution is -0.123. The van der Waals surface area contributed by atoms with Crippen molar-refractivity contribution in [2.45, 2.75) is 37.4 Å². The lowest BCUT2D eigenvalue weighted by Gasteiger charge is -2.25. The van der Waals surface area contributed by atoms with Gasteiger partial charge in [-0.3, -0.25) is 4.79 Å². The van der Waals surface area contributed by atoms with Crippen molar-refractivity contribution >= 4 is 21.6 Å². The zero-order valence-corrected chi connectivity index (χ0v) is 16.0. The highest BCUT2D eigenvalue weighted by molar-refractivity contribution is 7.89. The number of anilines is 1. The van der Waals surface area contributed by atoms with E-state index in [9.17, 15) is 13.2 Å². The summed E-state index contributed by atoms with van der Waals surface area (Å²) in [6.45, 7) is 3.87. The highest BCUT2D eigenvalue weighted by Crippen LogP contribution is 2.29. The Morgan fingerprint density at radius 2 is 1.85 bits per heavy atom. The Kier molecular flexibility index (Phi) is 5.67. The number of nitrogens with one attached hydrogen (secondary N) is 2. The molecule has 0 fully saturated rings. The van der Waals surface area contributed by atoms with Gasteiger partial charge < -0.3 is 14.8 Å². The van der Waals surface area contributed by atoms with Crippen molar-refractivity contribution in [1.82, 2.24) is 4.72 Å². The normalized spacial score (nSPS) is 16.4. The Morgan fingerprint density at radius 3 is 2.56 bits per heavy atom. The Labute approximate surface area is 158 Å². The van der Waals surface area contributed by atoms with E-state index in [1.165, 1.54) is 12.1 Å². The summed E-state index contributed by atoms with van der Waals surface area (Å²) in [6, 6.07) is 13.3. The number of rotatable bonds is 7. The predicted molar refractivity (Wildman–Crippen MR) is 101 cm³/mol. The standard InChI is InChI=1S/C19H22N2O5S/c1-13(2)25-14-7-9-15(10-8-14)27(23,24)20-12-11-18-19(22)21-16-5-3-4-6-17(16)26-18/h3-10,13,18,20H,11-12H2,1-2H3,(H,21,22). The number of carbonyl (C=O) groups is 1. The summed E-state index contributed by atoms with van der Waals surface area (Å²) >= 11 is 0. The van der Waals surface area contributed by atoms with Crippen LogP contribution >= 0.6 is 0 Å². The SMILES string of the molecule is CC(C)Oc1ccc(S(=O)(=O)NCCC2Oc3ccccc3NC2=O)cc1. The van der Waals surface area contributed by atoms with Crippen LogP contribution in [0.15, 0.2) is 53.4 Å². The molecule has 1 unspecified atom stereocenters. The summed E-state index contributed by atoms with van der Waals surface area (Å²) < 4.78 is 38.4. The van der Waals surface area contributed by atoms with Gasteiger partial charge >= 0.3 is 0 Å². The van der Waals surface area contributed by atoms with Crippen LogP contribution in [0.1, 0.15) is 20.3 Å². The van der Waals surface area contributed by atoms with Crippen LogP contribution in [-0.4, -0.2) is 33.1 Å². The van der Waals surface area contributed by atoms with Crippen LogP contribution in [0.2, 0.25) is 0 Å². The number of fused-ring (bicyclic) bond motifs is 1. The van der Waals surface area contributed by atoms with Crippen molar-refractivity contribution in [3.63, 3.8) is 0 Å². The first-order valence-corrected chi connectivity index (χ1v) is 10.2. The average molecular weight is 390 g/mol. The Bertz CT molecular complexity index is 910. The number of hydrogen-bond donors (Lipinski definition) is 2. The van der Waals surface area contributed by atoms with E-state index in [4.69, 9.17) is 9.47 Å². The Hall–Kier alpha value is -2.58. The fourth-order valence-electron chi connectivity index (χ4n) is 2.66. The summed E-state index contributed by atoms with van der Waals surface area (Å²) in [6.07, 6.45) is -0.518. The van der Waals surface area contributed by atoms with Gasteiger partial charge in [0.05, 0.1) is 16.7 Å². The molecule has 0 spiro atoms. The highest BCUT2D eigenvalue weighted by atomic mass is 32.2. The molecule has 144 valence electrons. The van der Waals surface area contributed by atoms with E-state index in [1.807, 2.05) is 19.9 Å². The molecule has 1 heterocycles. The maximum absolute atomic E-state index is 12.4. The second kappa shape index (κ2) is 7.98. The van der Waals surface area contributed by atoms with Gasteiger partial charge in [0.15, 0.2) is 6.10 Å². The van der Waals surface area contributed by atoms with Crippen molar-refractivity contribution in [2.24, 2.45) is 0 Å². The number of benzene rings is 2. The molecule has 7 nitrogen and oxygen atoms in total. The molecule has 0 saturated carbocycles. The van der Waals surface area contributed by atoms with Gasteiger partial charge in [-0.1, -0.05) is 12.1 Å². The van der Waals surface area contributed by atoms with Gasteiger partial charge in [-0.15, -0.1) is 0 Å². The summed E-state index contributed by atoms with van der Waals surface area (Å²) in [4.78, 5) is 12.2. The van der Waals surface area contributed by atoms with Gasteiger partial charge in [-0.2, -0.15) is 0 Å². The van der Waals surface area contributed by atoms with Gasteiger partial charge in [-0.25, -0.2) is 13.1 Å². The quantitative estimate of drug-likeness (QED) is 0.758. The van der Waals surface area contributed by atoms with E-state index in [0.29, 0.717) is 17.2 Å². The van der Waals surface area contributed by atoms with E-state index < -0.39 is 16.1 Å². The largest absolute Gasteiger partial charge is 0.491 e. The van der Waals surface area contributed by atoms with Crippen LogP contribution < -0.4 is 19.5 Å². The van der Waals surface area contributed by atoms with E-state index >= 15 is 0 Å². The average Bonchev–Trinajstić information content (AvgIpc) is 2.62. The summed E-state index contributed by atoms with van der Waals surface area (Å²) in [5.74, 6) is 0.892. The minimum absolute atomic E-state index is 0.0114. The van der Waals surface area contributed by atoms with Crippen LogP contribution in [0.25, 0.3) is 0 Å². The van der Waals surface area contributed by atoms with E-state index in [-0.39, 0.29) is 29.9 Å². The number of amides is 1. The molecule has 0 radical (unpaired) electrons. The van der Waals surface area contributed by atoms with E-state index in [2.05, 4.69) is 10.0 Å². The molecule has 8 heteroatoms. The number of para-hydroxylation sites is 2. The molecule has 0 bridgehead atoms. The third-order valence-electron chi connectivity index (χ3n) is 3.91. The molecule has 3 rings (SSSR count). The molecule has 0 aromatic heterocycles. The van der Waals surface area contributed by atoms with E-state index in [0.717, 1.165) is 0 Å². The molecule has 2 N–H and O–H groups in total. The van der Waals surface area contributed by atoms with Crippen LogP contribution in [0.4, 0.5) is 5.69 Å². The third-order valence-corrected chi connectivity index (χ3v) is 5.39. The molecule has 1 atom stereocenters. The van der Waals surface area contributed by atoms with Crippen LogP contribution in [0, 0.1) is 0 Å². The molecule has 27 heavy (non-hydrogen) atoms. The molecule has 0 saturated heterocycles. The summed E-state index contributed by atoms with van der Waals surface area (Å²) in [5, 5.41) is 2.76. The lowest BCUT2D eigenvalue weighted by Crippen LogP contribution is -2.39. The predicted octanol–water partition coefficient (Wildman–Crippen LogP) is 2.54. The molecule has 1 aliphatic rings. The van der Waals surface area contributed by atoms with Gasteiger partial charge in [0.1, 0.15) is 11.5 Å². The van der Waals surface area contributed by atoms with Crippen molar-refractivity contribution in [1.29, 1.82) is 0 Å². The minimum Gasteiger partial charge on any atom is -0.491 e. The number of hydrogen-bond acceptors (Lipinski definition) is 5. The molecule has 2 aromatic carbocycles. The fourth-order valence-corrected chi connectivity index (χ4v) is 3.71. The van der Waals surface area contributed by atoms with Gasteiger partial charge in [0.2, 0.25) is 10.0 Å². The zero-order valence-electron chi connectivity index (χ0n) is 15.1. The molecule has 2 aromatic rings. The topological polar surface area (TPSA) is 93.7 Å². The maximum atomic E-state index is 12.4. The number of carbonyl (C=O) groups excluding carboxylic acids is 1. The van der Waals surface area contributed by atoms with Gasteiger partial charge in [0.25, 0.3) is 5.91 Å². The second-order valence-electron chi connectivity index (χ2n) is 6.42. The van der Waals surface area contributed by atoms with Crippen LogP contribution in [0.3, 0.4) is 0 Å². The Morgan fingerprint density at radius 1 is 1.15 bits per heavy atom. The van der Waals surface area contributed by atoms with Crippen LogP contribution in [-0.2, 0) is 14.8 Å². The van der Waals surface area contributed by atoms with Crippen molar-refractivity contribution in [3.8, 4) is 11.5 Å². The first kappa shape index (κ1) is 19.2. The number of ether oxygens (including phenoxy) is 2. The number of sulfonamides is 1. The lowest BCUT2D eigenvalue weighted by atomic mass is 10.2. The second-order valence-corrected chi connectivity index (χ2v) is 8.18. The first-order chi connectivity index (χ1) is 12.8. The molecular weight excluding hydrogens is 368 g/mol. The first-order valence-electron chi connectivity index (χ1n) is 8.68. The third kappa shape index (κ3) is 4.78. The zero-order chi connectivity index (χ0) is 19.4. The smallest absolute Gasteiger partial charge is 0.265 e. The van der Waals surface area contributed by atoms with Crippen molar-refractivity contribution in [3.05, 3.63) is 48.5 Å². The monoisotopic (exact) mass is 390 g/mol. The van der Waals surface area contributed by atoms with E-state index in [1.54, 1.807) is 30.3 Å². The fraction of sp³-hybridized carbons (Fsp3) is 0.316. The van der Waals surface area contributed by atoms with Crippen LogP contribution in [0.5, 0.6) is 11.5 Å². The Balaban J connectivity index is 1.57. The van der Waals surface area contributed by atoms with Crippen molar-refractivity contribution < 1.29 is 22.7 Å². The summed E-state index contributed by atoms with van der Waals surface area (Å²) in [5.41, 5.74) is 0.614. The highest BCUT2D eigenvalue weighted by Gasteiger charge is 2.27. The molecular formula is C19H22N2O5S. The minimum atomic E-state index is -3.68. The summed E-state index contributed by atoms with van der Waals surface area (Å²) in [7, 11) is -3.68.